The Balaban J connectivity index is 1.53. The zero-order chi connectivity index (χ0) is 24.1. The summed E-state index contributed by atoms with van der Waals surface area (Å²) in [5, 5.41) is 15.3. The molecule has 0 radical (unpaired) electrons. The van der Waals surface area contributed by atoms with E-state index in [0.29, 0.717) is 17.9 Å². The van der Waals surface area contributed by atoms with Crippen LogP contribution in [-0.2, 0) is 22.7 Å². The smallest absolute Gasteiger partial charge is 0.247 e. The minimum atomic E-state index is -0.672. The molecular weight excluding hydrogens is 439 g/mol. The Hall–Kier alpha value is -3.56. The highest BCUT2D eigenvalue weighted by Gasteiger charge is 2.31. The number of tetrazole rings is 1. The van der Waals surface area contributed by atoms with E-state index in [2.05, 4.69) is 20.7 Å². The van der Waals surface area contributed by atoms with Crippen LogP contribution in [0.1, 0.15) is 50.4 Å². The van der Waals surface area contributed by atoms with Gasteiger partial charge in [-0.15, -0.1) is 10.2 Å². The summed E-state index contributed by atoms with van der Waals surface area (Å²) in [6.07, 6.45) is 4.52. The van der Waals surface area contributed by atoms with E-state index in [1.807, 2.05) is 13.8 Å². The van der Waals surface area contributed by atoms with Crippen molar-refractivity contribution in [1.29, 1.82) is 0 Å². The molecule has 180 valence electrons. The van der Waals surface area contributed by atoms with Gasteiger partial charge < -0.3 is 14.6 Å². The van der Waals surface area contributed by atoms with Crippen LogP contribution in [0.5, 0.6) is 0 Å². The van der Waals surface area contributed by atoms with Gasteiger partial charge in [0.15, 0.2) is 5.76 Å². The summed E-state index contributed by atoms with van der Waals surface area (Å²) in [7, 11) is 0. The number of benzene rings is 1. The molecule has 2 heterocycles. The van der Waals surface area contributed by atoms with Gasteiger partial charge in [-0.25, -0.2) is 4.39 Å². The van der Waals surface area contributed by atoms with Gasteiger partial charge in [0, 0.05) is 12.6 Å². The second kappa shape index (κ2) is 10.6. The Morgan fingerprint density at radius 3 is 2.59 bits per heavy atom. The topological polar surface area (TPSA) is 106 Å². The lowest BCUT2D eigenvalue weighted by molar-refractivity contribution is -0.142. The largest absolute Gasteiger partial charge is 0.458 e. The van der Waals surface area contributed by atoms with Gasteiger partial charge in [0.1, 0.15) is 24.2 Å². The molecule has 2 aromatic heterocycles. The molecule has 0 spiro atoms. The second-order valence-electron chi connectivity index (χ2n) is 8.62. The summed E-state index contributed by atoms with van der Waals surface area (Å²) in [6, 6.07) is 8.90. The molecule has 2 amide bonds. The normalized spacial score (nSPS) is 14.8. The minimum absolute atomic E-state index is 0.139. The molecule has 4 rings (SSSR count). The van der Waals surface area contributed by atoms with Gasteiger partial charge >= 0.3 is 0 Å². The molecule has 1 aromatic carbocycles. The second-order valence-corrected chi connectivity index (χ2v) is 8.62. The highest BCUT2D eigenvalue weighted by molar-refractivity contribution is 5.87. The molecular formula is C24H29FN6O3. The molecule has 1 atom stereocenters. The number of halogens is 1. The number of aryl methyl sites for hydroxylation is 1. The highest BCUT2D eigenvalue weighted by atomic mass is 19.1. The number of amides is 2. The van der Waals surface area contributed by atoms with Crippen molar-refractivity contribution in [2.24, 2.45) is 0 Å². The van der Waals surface area contributed by atoms with E-state index < -0.39 is 6.04 Å². The molecule has 0 bridgehead atoms. The molecule has 1 fully saturated rings. The van der Waals surface area contributed by atoms with E-state index in [4.69, 9.17) is 4.42 Å². The van der Waals surface area contributed by atoms with Crippen LogP contribution < -0.4 is 5.32 Å². The van der Waals surface area contributed by atoms with E-state index in [0.717, 1.165) is 31.2 Å². The fourth-order valence-electron chi connectivity index (χ4n) is 4.25. The Morgan fingerprint density at radius 2 is 1.94 bits per heavy atom. The zero-order valence-corrected chi connectivity index (χ0v) is 19.4. The zero-order valence-electron chi connectivity index (χ0n) is 19.4. The molecule has 10 heteroatoms. The first kappa shape index (κ1) is 23.6. The maximum absolute atomic E-state index is 13.4. The molecule has 1 N–H and O–H groups in total. The predicted octanol–water partition coefficient (Wildman–Crippen LogP) is 3.25. The summed E-state index contributed by atoms with van der Waals surface area (Å²) in [4.78, 5) is 29.2. The van der Waals surface area contributed by atoms with Gasteiger partial charge in [-0.2, -0.15) is 4.80 Å². The van der Waals surface area contributed by atoms with Crippen LogP contribution in [-0.4, -0.2) is 49.0 Å². The summed E-state index contributed by atoms with van der Waals surface area (Å²) in [5.74, 6) is 0.575. The van der Waals surface area contributed by atoms with Crippen molar-refractivity contribution in [3.05, 3.63) is 53.5 Å². The predicted molar refractivity (Wildman–Crippen MR) is 122 cm³/mol. The van der Waals surface area contributed by atoms with Crippen LogP contribution in [0.3, 0.4) is 0 Å². The van der Waals surface area contributed by atoms with Crippen molar-refractivity contribution < 1.29 is 18.4 Å². The van der Waals surface area contributed by atoms with E-state index in [1.54, 1.807) is 24.3 Å². The van der Waals surface area contributed by atoms with E-state index in [-0.39, 0.29) is 42.6 Å². The van der Waals surface area contributed by atoms with E-state index >= 15 is 0 Å². The molecule has 0 aliphatic heterocycles. The molecule has 0 saturated heterocycles. The lowest BCUT2D eigenvalue weighted by atomic mass is 10.1. The standard InChI is InChI=1S/C24H29FN6O3/c1-3-20(24(33)26-19-6-4-5-7-19)30(14-17-9-11-18(25)12-10-17)22(32)15-31-28-23(27-29-31)21-13-8-16(2)34-21/h8-13,19-20H,3-7,14-15H2,1-2H3,(H,26,33). The lowest BCUT2D eigenvalue weighted by Gasteiger charge is -2.31. The van der Waals surface area contributed by atoms with Crippen LogP contribution in [0, 0.1) is 12.7 Å². The van der Waals surface area contributed by atoms with Crippen LogP contribution in [0.4, 0.5) is 4.39 Å². The molecule has 9 nitrogen and oxygen atoms in total. The van der Waals surface area contributed by atoms with Gasteiger partial charge in [-0.1, -0.05) is 31.9 Å². The van der Waals surface area contributed by atoms with Crippen molar-refractivity contribution >= 4 is 11.8 Å². The van der Waals surface area contributed by atoms with Crippen molar-refractivity contribution in [3.63, 3.8) is 0 Å². The summed E-state index contributed by atoms with van der Waals surface area (Å²) >= 11 is 0. The number of aromatic nitrogens is 4. The Bertz CT molecular complexity index is 1120. The summed E-state index contributed by atoms with van der Waals surface area (Å²) < 4.78 is 18.9. The van der Waals surface area contributed by atoms with Crippen LogP contribution in [0.25, 0.3) is 11.6 Å². The Morgan fingerprint density at radius 1 is 1.21 bits per heavy atom. The molecule has 34 heavy (non-hydrogen) atoms. The van der Waals surface area contributed by atoms with Gasteiger partial charge in [0.25, 0.3) is 0 Å². The van der Waals surface area contributed by atoms with Crippen molar-refractivity contribution in [2.45, 2.75) is 71.1 Å². The van der Waals surface area contributed by atoms with Gasteiger partial charge in [-0.05, 0) is 61.2 Å². The van der Waals surface area contributed by atoms with Crippen molar-refractivity contribution in [2.75, 3.05) is 0 Å². The number of carbonyl (C=O) groups excluding carboxylic acids is 2. The third kappa shape index (κ3) is 5.67. The molecule has 1 aliphatic carbocycles. The number of nitrogens with zero attached hydrogens (tertiary/aromatic N) is 5. The van der Waals surface area contributed by atoms with Crippen LogP contribution in [0.15, 0.2) is 40.8 Å². The van der Waals surface area contributed by atoms with Crippen molar-refractivity contribution in [3.8, 4) is 11.6 Å². The molecule has 1 saturated carbocycles. The summed E-state index contributed by atoms with van der Waals surface area (Å²) in [5.41, 5.74) is 0.722. The minimum Gasteiger partial charge on any atom is -0.458 e. The fraction of sp³-hybridized carbons (Fsp3) is 0.458. The van der Waals surface area contributed by atoms with Crippen molar-refractivity contribution in [1.82, 2.24) is 30.4 Å². The highest BCUT2D eigenvalue weighted by Crippen LogP contribution is 2.20. The first-order valence-electron chi connectivity index (χ1n) is 11.6. The van der Waals surface area contributed by atoms with Gasteiger partial charge in [0.2, 0.25) is 17.6 Å². The number of carbonyl (C=O) groups is 2. The molecule has 1 aliphatic rings. The quantitative estimate of drug-likeness (QED) is 0.517. The third-order valence-corrected chi connectivity index (χ3v) is 6.04. The number of nitrogens with one attached hydrogen (secondary N) is 1. The number of hydrogen-bond donors (Lipinski definition) is 1. The first-order chi connectivity index (χ1) is 16.4. The maximum Gasteiger partial charge on any atom is 0.247 e. The number of rotatable bonds is 9. The van der Waals surface area contributed by atoms with E-state index in [9.17, 15) is 14.0 Å². The van der Waals surface area contributed by atoms with Crippen LogP contribution in [0.2, 0.25) is 0 Å². The SMILES string of the molecule is CCC(C(=O)NC1CCCC1)N(Cc1ccc(F)cc1)C(=O)Cn1nnc(-c2ccc(C)o2)n1. The third-order valence-electron chi connectivity index (χ3n) is 6.04. The Kier molecular flexibility index (Phi) is 7.34. The summed E-state index contributed by atoms with van der Waals surface area (Å²) in [6.45, 7) is 3.65. The number of furan rings is 1. The Labute approximate surface area is 197 Å². The number of hydrogen-bond acceptors (Lipinski definition) is 6. The first-order valence-corrected chi connectivity index (χ1v) is 11.6. The average molecular weight is 469 g/mol. The monoisotopic (exact) mass is 468 g/mol. The average Bonchev–Trinajstić information content (AvgIpc) is 3.58. The molecule has 3 aromatic rings. The van der Waals surface area contributed by atoms with E-state index in [1.165, 1.54) is 21.8 Å². The lowest BCUT2D eigenvalue weighted by Crippen LogP contribution is -2.51. The van der Waals surface area contributed by atoms with Gasteiger partial charge in [-0.3, -0.25) is 9.59 Å². The van der Waals surface area contributed by atoms with Gasteiger partial charge in [0.05, 0.1) is 0 Å². The van der Waals surface area contributed by atoms with Crippen LogP contribution >= 0.6 is 0 Å². The maximum atomic E-state index is 13.4. The fourth-order valence-corrected chi connectivity index (χ4v) is 4.25. The molecule has 1 unspecified atom stereocenters.